The lowest BCUT2D eigenvalue weighted by Gasteiger charge is -2.07. The molecular weight excluding hydrogens is 258 g/mol. The van der Waals surface area contributed by atoms with E-state index >= 15 is 0 Å². The maximum atomic E-state index is 11.8. The molecule has 0 fully saturated rings. The van der Waals surface area contributed by atoms with Crippen LogP contribution in [0.1, 0.15) is 15.9 Å². The minimum Gasteiger partial charge on any atom is -0.457 e. The summed E-state index contributed by atoms with van der Waals surface area (Å²) < 4.78 is 5.14. The van der Waals surface area contributed by atoms with Crippen LogP contribution in [-0.2, 0) is 11.3 Å². The highest BCUT2D eigenvalue weighted by Crippen LogP contribution is 2.23. The summed E-state index contributed by atoms with van der Waals surface area (Å²) >= 11 is 7.38. The highest BCUT2D eigenvalue weighted by Gasteiger charge is 2.13. The first-order valence-electron chi connectivity index (χ1n) is 4.90. The van der Waals surface area contributed by atoms with Crippen LogP contribution < -0.4 is 5.73 Å². The van der Waals surface area contributed by atoms with Gasteiger partial charge in [-0.2, -0.15) is 11.3 Å². The number of rotatable bonds is 3. The van der Waals surface area contributed by atoms with E-state index in [9.17, 15) is 4.79 Å². The molecule has 0 amide bonds. The third kappa shape index (κ3) is 2.78. The van der Waals surface area contributed by atoms with Crippen molar-refractivity contribution in [3.05, 3.63) is 51.2 Å². The SMILES string of the molecule is Nc1c(Cl)cccc1C(=O)OCc1ccsc1. The molecule has 88 valence electrons. The van der Waals surface area contributed by atoms with Crippen molar-refractivity contribution in [3.63, 3.8) is 0 Å². The summed E-state index contributed by atoms with van der Waals surface area (Å²) in [7, 11) is 0. The van der Waals surface area contributed by atoms with Crippen molar-refractivity contribution in [1.82, 2.24) is 0 Å². The zero-order valence-corrected chi connectivity index (χ0v) is 10.4. The lowest BCUT2D eigenvalue weighted by atomic mass is 10.2. The fourth-order valence-corrected chi connectivity index (χ4v) is 2.14. The van der Waals surface area contributed by atoms with Gasteiger partial charge in [-0.25, -0.2) is 4.79 Å². The van der Waals surface area contributed by atoms with E-state index in [4.69, 9.17) is 22.1 Å². The number of hydrogen-bond donors (Lipinski definition) is 1. The van der Waals surface area contributed by atoms with Crippen LogP contribution in [0.15, 0.2) is 35.0 Å². The Labute approximate surface area is 108 Å². The van der Waals surface area contributed by atoms with E-state index in [1.807, 2.05) is 16.8 Å². The summed E-state index contributed by atoms with van der Waals surface area (Å²) in [5.74, 6) is -0.462. The Morgan fingerprint density at radius 3 is 2.94 bits per heavy atom. The summed E-state index contributed by atoms with van der Waals surface area (Å²) in [6.07, 6.45) is 0. The first kappa shape index (κ1) is 12.0. The first-order chi connectivity index (χ1) is 8.18. The second-order valence-electron chi connectivity index (χ2n) is 3.41. The molecule has 0 atom stereocenters. The van der Waals surface area contributed by atoms with Crippen molar-refractivity contribution in [2.45, 2.75) is 6.61 Å². The number of thiophene rings is 1. The molecule has 0 aliphatic heterocycles. The number of esters is 1. The Bertz CT molecular complexity index is 525. The Morgan fingerprint density at radius 1 is 1.41 bits per heavy atom. The number of ether oxygens (including phenoxy) is 1. The number of hydrogen-bond acceptors (Lipinski definition) is 4. The summed E-state index contributed by atoms with van der Waals surface area (Å²) in [5.41, 5.74) is 7.22. The number of anilines is 1. The maximum Gasteiger partial charge on any atom is 0.340 e. The molecule has 0 saturated carbocycles. The number of nitrogen functional groups attached to an aromatic ring is 1. The minimum atomic E-state index is -0.462. The van der Waals surface area contributed by atoms with Crippen LogP contribution in [0, 0.1) is 0 Å². The predicted molar refractivity (Wildman–Crippen MR) is 69.3 cm³/mol. The quantitative estimate of drug-likeness (QED) is 0.685. The summed E-state index contributed by atoms with van der Waals surface area (Å²) in [5, 5.41) is 4.21. The van der Waals surface area contributed by atoms with Crippen molar-refractivity contribution < 1.29 is 9.53 Å². The molecule has 0 unspecified atom stereocenters. The average Bonchev–Trinajstić information content (AvgIpc) is 2.82. The fraction of sp³-hybridized carbons (Fsp3) is 0.0833. The van der Waals surface area contributed by atoms with E-state index < -0.39 is 5.97 Å². The summed E-state index contributed by atoms with van der Waals surface area (Å²) in [4.78, 5) is 11.8. The number of benzene rings is 1. The molecule has 3 nitrogen and oxygen atoms in total. The van der Waals surface area contributed by atoms with Gasteiger partial charge in [-0.15, -0.1) is 0 Å². The van der Waals surface area contributed by atoms with E-state index in [1.54, 1.807) is 29.5 Å². The molecule has 1 aromatic carbocycles. The maximum absolute atomic E-state index is 11.8. The van der Waals surface area contributed by atoms with Gasteiger partial charge in [0.05, 0.1) is 16.3 Å². The Balaban J connectivity index is 2.07. The fourth-order valence-electron chi connectivity index (χ4n) is 1.32. The monoisotopic (exact) mass is 267 g/mol. The van der Waals surface area contributed by atoms with Crippen molar-refractivity contribution in [1.29, 1.82) is 0 Å². The number of para-hydroxylation sites is 1. The molecule has 0 saturated heterocycles. The molecule has 2 N–H and O–H groups in total. The van der Waals surface area contributed by atoms with Gasteiger partial charge in [0, 0.05) is 5.56 Å². The molecule has 0 radical (unpaired) electrons. The molecule has 1 heterocycles. The second kappa shape index (κ2) is 5.21. The first-order valence-corrected chi connectivity index (χ1v) is 6.23. The van der Waals surface area contributed by atoms with Crippen LogP contribution in [0.25, 0.3) is 0 Å². The molecule has 2 rings (SSSR count). The van der Waals surface area contributed by atoms with Gasteiger partial charge >= 0.3 is 5.97 Å². The van der Waals surface area contributed by atoms with Gasteiger partial charge < -0.3 is 10.5 Å². The van der Waals surface area contributed by atoms with Gasteiger partial charge in [-0.05, 0) is 29.0 Å². The topological polar surface area (TPSA) is 52.3 Å². The van der Waals surface area contributed by atoms with E-state index in [2.05, 4.69) is 0 Å². The zero-order valence-electron chi connectivity index (χ0n) is 8.85. The molecular formula is C12H10ClNO2S. The highest BCUT2D eigenvalue weighted by atomic mass is 35.5. The van der Waals surface area contributed by atoms with Gasteiger partial charge in [0.25, 0.3) is 0 Å². The third-order valence-corrected chi connectivity index (χ3v) is 3.28. The van der Waals surface area contributed by atoms with Crippen molar-refractivity contribution >= 4 is 34.6 Å². The van der Waals surface area contributed by atoms with E-state index in [-0.39, 0.29) is 12.3 Å². The van der Waals surface area contributed by atoms with E-state index in [0.29, 0.717) is 10.6 Å². The predicted octanol–water partition coefficient (Wildman–Crippen LogP) is 3.34. The molecule has 5 heteroatoms. The second-order valence-corrected chi connectivity index (χ2v) is 4.60. The molecule has 0 aliphatic rings. The van der Waals surface area contributed by atoms with Crippen LogP contribution in [-0.4, -0.2) is 5.97 Å². The van der Waals surface area contributed by atoms with Crippen LogP contribution in [0.5, 0.6) is 0 Å². The Kier molecular flexibility index (Phi) is 3.66. The van der Waals surface area contributed by atoms with Gasteiger partial charge in [0.15, 0.2) is 0 Å². The summed E-state index contributed by atoms with van der Waals surface area (Å²) in [6.45, 7) is 0.244. The van der Waals surface area contributed by atoms with Gasteiger partial charge in [-0.1, -0.05) is 17.7 Å². The normalized spacial score (nSPS) is 10.2. The van der Waals surface area contributed by atoms with Crippen molar-refractivity contribution in [3.8, 4) is 0 Å². The highest BCUT2D eigenvalue weighted by molar-refractivity contribution is 7.07. The van der Waals surface area contributed by atoms with Crippen LogP contribution in [0.3, 0.4) is 0 Å². The van der Waals surface area contributed by atoms with Crippen molar-refractivity contribution in [2.24, 2.45) is 0 Å². The molecule has 2 aromatic rings. The number of carbonyl (C=O) groups excluding carboxylic acids is 1. The molecule has 0 bridgehead atoms. The van der Waals surface area contributed by atoms with Gasteiger partial charge in [-0.3, -0.25) is 0 Å². The van der Waals surface area contributed by atoms with E-state index in [0.717, 1.165) is 5.56 Å². The van der Waals surface area contributed by atoms with E-state index in [1.165, 1.54) is 0 Å². The molecule has 17 heavy (non-hydrogen) atoms. The lowest BCUT2D eigenvalue weighted by molar-refractivity contribution is 0.0474. The third-order valence-electron chi connectivity index (χ3n) is 2.22. The summed E-state index contributed by atoms with van der Waals surface area (Å²) in [6, 6.07) is 6.79. The zero-order chi connectivity index (χ0) is 12.3. The Morgan fingerprint density at radius 2 is 2.24 bits per heavy atom. The smallest absolute Gasteiger partial charge is 0.340 e. The molecule has 1 aromatic heterocycles. The van der Waals surface area contributed by atoms with Crippen LogP contribution in [0.2, 0.25) is 5.02 Å². The largest absolute Gasteiger partial charge is 0.457 e. The van der Waals surface area contributed by atoms with Crippen LogP contribution in [0.4, 0.5) is 5.69 Å². The average molecular weight is 268 g/mol. The van der Waals surface area contributed by atoms with Crippen molar-refractivity contribution in [2.75, 3.05) is 5.73 Å². The number of halogens is 1. The van der Waals surface area contributed by atoms with Gasteiger partial charge in [0.1, 0.15) is 6.61 Å². The number of carbonyl (C=O) groups is 1. The van der Waals surface area contributed by atoms with Gasteiger partial charge in [0.2, 0.25) is 0 Å². The standard InChI is InChI=1S/C12H10ClNO2S/c13-10-3-1-2-9(11(10)14)12(15)16-6-8-4-5-17-7-8/h1-5,7H,6,14H2. The Hall–Kier alpha value is -1.52. The van der Waals surface area contributed by atoms with Crippen LogP contribution >= 0.6 is 22.9 Å². The minimum absolute atomic E-state index is 0.244. The molecule has 0 spiro atoms. The number of nitrogens with two attached hydrogens (primary N) is 1. The molecule has 0 aliphatic carbocycles. The lowest BCUT2D eigenvalue weighted by Crippen LogP contribution is -2.08.